The number of amides is 1. The molecular formula is C23H20FNO2. The highest BCUT2D eigenvalue weighted by Gasteiger charge is 2.21. The van der Waals surface area contributed by atoms with Crippen LogP contribution in [0.1, 0.15) is 22.3 Å². The monoisotopic (exact) mass is 361 g/mol. The molecule has 3 nitrogen and oxygen atoms in total. The molecule has 4 rings (SSSR count). The van der Waals surface area contributed by atoms with E-state index in [0.29, 0.717) is 18.7 Å². The molecule has 0 unspecified atom stereocenters. The third-order valence-corrected chi connectivity index (χ3v) is 5.05. The highest BCUT2D eigenvalue weighted by atomic mass is 19.1. The molecule has 0 atom stereocenters. The largest absolute Gasteiger partial charge is 0.496 e. The third-order valence-electron chi connectivity index (χ3n) is 5.05. The lowest BCUT2D eigenvalue weighted by atomic mass is 9.98. The van der Waals surface area contributed by atoms with E-state index in [1.807, 2.05) is 41.3 Å². The molecule has 0 spiro atoms. The van der Waals surface area contributed by atoms with Crippen molar-refractivity contribution in [3.63, 3.8) is 0 Å². The van der Waals surface area contributed by atoms with Gasteiger partial charge in [0, 0.05) is 24.0 Å². The molecule has 1 aliphatic heterocycles. The van der Waals surface area contributed by atoms with Gasteiger partial charge in [0.25, 0.3) is 5.91 Å². The zero-order valence-corrected chi connectivity index (χ0v) is 15.1. The minimum absolute atomic E-state index is 0.0169. The van der Waals surface area contributed by atoms with Crippen LogP contribution >= 0.6 is 0 Å². The second-order valence-corrected chi connectivity index (χ2v) is 6.60. The SMILES string of the molecule is COc1ccc(C(=O)N2CC=C(c3ccc(F)cc3)CC2)c2ccccc12. The minimum atomic E-state index is -0.238. The van der Waals surface area contributed by atoms with Gasteiger partial charge in [-0.1, -0.05) is 42.5 Å². The predicted octanol–water partition coefficient (Wildman–Crippen LogP) is 4.92. The molecule has 3 aromatic carbocycles. The zero-order valence-electron chi connectivity index (χ0n) is 15.1. The molecular weight excluding hydrogens is 341 g/mol. The molecule has 0 bridgehead atoms. The second-order valence-electron chi connectivity index (χ2n) is 6.60. The van der Waals surface area contributed by atoms with Crippen molar-refractivity contribution in [2.45, 2.75) is 6.42 Å². The van der Waals surface area contributed by atoms with Crippen molar-refractivity contribution in [2.24, 2.45) is 0 Å². The average Bonchev–Trinajstić information content (AvgIpc) is 2.73. The van der Waals surface area contributed by atoms with Crippen LogP contribution in [-0.4, -0.2) is 31.0 Å². The number of ether oxygens (including phenoxy) is 1. The quantitative estimate of drug-likeness (QED) is 0.663. The van der Waals surface area contributed by atoms with Gasteiger partial charge in [0.05, 0.1) is 7.11 Å². The normalized spacial score (nSPS) is 14.1. The summed E-state index contributed by atoms with van der Waals surface area (Å²) < 4.78 is 18.5. The molecule has 27 heavy (non-hydrogen) atoms. The summed E-state index contributed by atoms with van der Waals surface area (Å²) in [7, 11) is 1.63. The Bertz CT molecular complexity index is 1020. The molecule has 0 N–H and O–H groups in total. The molecule has 1 amide bonds. The van der Waals surface area contributed by atoms with Crippen LogP contribution in [0.15, 0.2) is 66.7 Å². The molecule has 0 saturated carbocycles. The average molecular weight is 361 g/mol. The van der Waals surface area contributed by atoms with Gasteiger partial charge in [-0.15, -0.1) is 0 Å². The van der Waals surface area contributed by atoms with Crippen molar-refractivity contribution < 1.29 is 13.9 Å². The maximum atomic E-state index is 13.1. The molecule has 1 aliphatic rings. The van der Waals surface area contributed by atoms with Crippen molar-refractivity contribution in [3.05, 3.63) is 83.7 Å². The highest BCUT2D eigenvalue weighted by Crippen LogP contribution is 2.30. The Morgan fingerprint density at radius 2 is 1.74 bits per heavy atom. The van der Waals surface area contributed by atoms with E-state index in [2.05, 4.69) is 6.08 Å². The Balaban J connectivity index is 1.60. The molecule has 0 saturated heterocycles. The van der Waals surface area contributed by atoms with E-state index in [1.54, 1.807) is 19.2 Å². The number of hydrogen-bond acceptors (Lipinski definition) is 2. The minimum Gasteiger partial charge on any atom is -0.496 e. The first-order valence-corrected chi connectivity index (χ1v) is 8.97. The predicted molar refractivity (Wildman–Crippen MR) is 105 cm³/mol. The summed E-state index contributed by atoms with van der Waals surface area (Å²) in [6, 6.07) is 18.0. The maximum Gasteiger partial charge on any atom is 0.254 e. The smallest absolute Gasteiger partial charge is 0.254 e. The number of rotatable bonds is 3. The van der Waals surface area contributed by atoms with Crippen LogP contribution in [0, 0.1) is 5.82 Å². The topological polar surface area (TPSA) is 29.5 Å². The van der Waals surface area contributed by atoms with Crippen LogP contribution < -0.4 is 4.74 Å². The molecule has 1 heterocycles. The van der Waals surface area contributed by atoms with Gasteiger partial charge in [0.1, 0.15) is 11.6 Å². The summed E-state index contributed by atoms with van der Waals surface area (Å²) in [6.45, 7) is 1.19. The molecule has 0 aliphatic carbocycles. The highest BCUT2D eigenvalue weighted by molar-refractivity contribution is 6.08. The van der Waals surface area contributed by atoms with Crippen LogP contribution in [0.2, 0.25) is 0 Å². The van der Waals surface area contributed by atoms with Crippen LogP contribution in [0.3, 0.4) is 0 Å². The van der Waals surface area contributed by atoms with Gasteiger partial charge in [0.15, 0.2) is 0 Å². The van der Waals surface area contributed by atoms with E-state index in [1.165, 1.54) is 12.1 Å². The summed E-state index contributed by atoms with van der Waals surface area (Å²) in [5, 5.41) is 1.83. The van der Waals surface area contributed by atoms with E-state index in [4.69, 9.17) is 4.74 Å². The Labute approximate surface area is 157 Å². The summed E-state index contributed by atoms with van der Waals surface area (Å²) in [5.41, 5.74) is 2.85. The molecule has 3 aromatic rings. The van der Waals surface area contributed by atoms with Gasteiger partial charge in [-0.3, -0.25) is 4.79 Å². The van der Waals surface area contributed by atoms with Crippen molar-refractivity contribution in [1.82, 2.24) is 4.90 Å². The van der Waals surface area contributed by atoms with E-state index in [9.17, 15) is 9.18 Å². The Morgan fingerprint density at radius 3 is 2.41 bits per heavy atom. The fraction of sp³-hybridized carbons (Fsp3) is 0.174. The van der Waals surface area contributed by atoms with Gasteiger partial charge in [-0.25, -0.2) is 4.39 Å². The summed E-state index contributed by atoms with van der Waals surface area (Å²) >= 11 is 0. The van der Waals surface area contributed by atoms with Crippen LogP contribution in [0.5, 0.6) is 5.75 Å². The zero-order chi connectivity index (χ0) is 18.8. The van der Waals surface area contributed by atoms with Gasteiger partial charge < -0.3 is 9.64 Å². The Kier molecular flexibility index (Phi) is 4.63. The summed E-state index contributed by atoms with van der Waals surface area (Å²) in [6.07, 6.45) is 2.81. The lowest BCUT2D eigenvalue weighted by Crippen LogP contribution is -2.34. The Morgan fingerprint density at radius 1 is 1.00 bits per heavy atom. The fourth-order valence-corrected chi connectivity index (χ4v) is 3.59. The van der Waals surface area contributed by atoms with Crippen LogP contribution in [0.25, 0.3) is 16.3 Å². The lowest BCUT2D eigenvalue weighted by molar-refractivity contribution is 0.0775. The Hall–Kier alpha value is -3.14. The lowest BCUT2D eigenvalue weighted by Gasteiger charge is -2.27. The molecule has 136 valence electrons. The van der Waals surface area contributed by atoms with Crippen molar-refractivity contribution >= 4 is 22.3 Å². The van der Waals surface area contributed by atoms with Gasteiger partial charge in [-0.2, -0.15) is 0 Å². The number of nitrogens with zero attached hydrogens (tertiary/aromatic N) is 1. The molecule has 0 aromatic heterocycles. The molecule has 0 radical (unpaired) electrons. The number of halogens is 1. The van der Waals surface area contributed by atoms with E-state index in [-0.39, 0.29) is 11.7 Å². The third kappa shape index (κ3) is 3.31. The number of hydrogen-bond donors (Lipinski definition) is 0. The first-order chi connectivity index (χ1) is 13.2. The van der Waals surface area contributed by atoms with Gasteiger partial charge in [0.2, 0.25) is 0 Å². The van der Waals surface area contributed by atoms with Gasteiger partial charge in [-0.05, 0) is 47.2 Å². The van der Waals surface area contributed by atoms with E-state index < -0.39 is 0 Å². The summed E-state index contributed by atoms with van der Waals surface area (Å²) in [5.74, 6) is 0.542. The van der Waals surface area contributed by atoms with Crippen LogP contribution in [-0.2, 0) is 0 Å². The van der Waals surface area contributed by atoms with E-state index in [0.717, 1.165) is 34.1 Å². The second kappa shape index (κ2) is 7.23. The molecule has 4 heteroatoms. The summed E-state index contributed by atoms with van der Waals surface area (Å²) in [4.78, 5) is 15.0. The van der Waals surface area contributed by atoms with E-state index >= 15 is 0 Å². The van der Waals surface area contributed by atoms with Crippen LogP contribution in [0.4, 0.5) is 4.39 Å². The van der Waals surface area contributed by atoms with Crippen molar-refractivity contribution in [2.75, 3.05) is 20.2 Å². The number of methoxy groups -OCH3 is 1. The van der Waals surface area contributed by atoms with Crippen molar-refractivity contribution in [3.8, 4) is 5.75 Å². The number of carbonyl (C=O) groups excluding carboxylic acids is 1. The van der Waals surface area contributed by atoms with Gasteiger partial charge >= 0.3 is 0 Å². The maximum absolute atomic E-state index is 13.1. The number of fused-ring (bicyclic) bond motifs is 1. The number of carbonyl (C=O) groups is 1. The standard InChI is InChI=1S/C23H20FNO2/c1-27-22-11-10-21(19-4-2-3-5-20(19)22)23(26)25-14-12-17(13-15-25)16-6-8-18(24)9-7-16/h2-12H,13-15H2,1H3. The fourth-order valence-electron chi connectivity index (χ4n) is 3.59. The van der Waals surface area contributed by atoms with Crippen molar-refractivity contribution in [1.29, 1.82) is 0 Å². The first-order valence-electron chi connectivity index (χ1n) is 8.97. The first kappa shape index (κ1) is 17.3. The number of benzene rings is 3. The molecule has 0 fully saturated rings.